The van der Waals surface area contributed by atoms with E-state index in [9.17, 15) is 4.79 Å². The van der Waals surface area contributed by atoms with Gasteiger partial charge < -0.3 is 10.2 Å². The van der Waals surface area contributed by atoms with Gasteiger partial charge in [0, 0.05) is 57.4 Å². The molecule has 116 valence electrons. The van der Waals surface area contributed by atoms with Crippen molar-refractivity contribution in [1.82, 2.24) is 20.0 Å². The van der Waals surface area contributed by atoms with Crippen molar-refractivity contribution in [3.05, 3.63) is 0 Å². The minimum atomic E-state index is 0.272. The summed E-state index contributed by atoms with van der Waals surface area (Å²) < 4.78 is 0. The lowest BCUT2D eigenvalue weighted by Gasteiger charge is -2.43. The lowest BCUT2D eigenvalue weighted by molar-refractivity contribution is -0.136. The van der Waals surface area contributed by atoms with E-state index in [0.717, 1.165) is 45.3 Å². The number of nitrogens with zero attached hydrogens (tertiary/aromatic N) is 3. The third-order valence-electron chi connectivity index (χ3n) is 4.44. The first kappa shape index (κ1) is 15.7. The van der Waals surface area contributed by atoms with Gasteiger partial charge in [-0.1, -0.05) is 0 Å². The Kier molecular flexibility index (Phi) is 5.41. The SMILES string of the molecule is CC(C)N(C(=O)CN1CCN(C2CNC2)CC1)C(C)C. The van der Waals surface area contributed by atoms with Gasteiger partial charge in [0.1, 0.15) is 0 Å². The van der Waals surface area contributed by atoms with Crippen LogP contribution in [0.3, 0.4) is 0 Å². The Morgan fingerprint density at radius 2 is 1.65 bits per heavy atom. The van der Waals surface area contributed by atoms with Crippen LogP contribution >= 0.6 is 0 Å². The summed E-state index contributed by atoms with van der Waals surface area (Å²) in [5, 5.41) is 3.33. The molecule has 2 aliphatic heterocycles. The quantitative estimate of drug-likeness (QED) is 0.783. The van der Waals surface area contributed by atoms with Crippen LogP contribution in [0.1, 0.15) is 27.7 Å². The molecule has 0 aromatic rings. The topological polar surface area (TPSA) is 38.8 Å². The molecule has 0 bridgehead atoms. The molecule has 2 heterocycles. The number of nitrogens with one attached hydrogen (secondary N) is 1. The number of carbonyl (C=O) groups excluding carboxylic acids is 1. The maximum absolute atomic E-state index is 12.4. The number of hydrogen-bond acceptors (Lipinski definition) is 4. The fraction of sp³-hybridized carbons (Fsp3) is 0.933. The smallest absolute Gasteiger partial charge is 0.237 e. The Balaban J connectivity index is 1.77. The van der Waals surface area contributed by atoms with Gasteiger partial charge in [0.05, 0.1) is 6.54 Å². The second-order valence-corrected chi connectivity index (χ2v) is 6.61. The van der Waals surface area contributed by atoms with Gasteiger partial charge in [-0.2, -0.15) is 0 Å². The zero-order valence-electron chi connectivity index (χ0n) is 13.4. The largest absolute Gasteiger partial charge is 0.337 e. The fourth-order valence-corrected chi connectivity index (χ4v) is 3.26. The van der Waals surface area contributed by atoms with E-state index >= 15 is 0 Å². The summed E-state index contributed by atoms with van der Waals surface area (Å²) in [6, 6.07) is 1.30. The van der Waals surface area contributed by atoms with Gasteiger partial charge in [-0.3, -0.25) is 14.6 Å². The van der Waals surface area contributed by atoms with Crippen LogP contribution in [-0.4, -0.2) is 84.5 Å². The van der Waals surface area contributed by atoms with Crippen LogP contribution in [0.4, 0.5) is 0 Å². The lowest BCUT2D eigenvalue weighted by Crippen LogP contribution is -2.62. The van der Waals surface area contributed by atoms with Gasteiger partial charge in [-0.15, -0.1) is 0 Å². The Labute approximate surface area is 123 Å². The summed E-state index contributed by atoms with van der Waals surface area (Å²) in [7, 11) is 0. The number of carbonyl (C=O) groups is 1. The van der Waals surface area contributed by atoms with E-state index in [-0.39, 0.29) is 18.0 Å². The molecule has 2 aliphatic rings. The van der Waals surface area contributed by atoms with E-state index in [4.69, 9.17) is 0 Å². The number of piperazine rings is 1. The normalized spacial score (nSPS) is 22.3. The molecule has 2 saturated heterocycles. The van der Waals surface area contributed by atoms with Crippen LogP contribution in [0.25, 0.3) is 0 Å². The van der Waals surface area contributed by atoms with E-state index in [2.05, 4.69) is 42.8 Å². The van der Waals surface area contributed by atoms with E-state index in [1.165, 1.54) is 0 Å². The zero-order valence-corrected chi connectivity index (χ0v) is 13.4. The number of hydrogen-bond donors (Lipinski definition) is 1. The first-order chi connectivity index (χ1) is 9.49. The van der Waals surface area contributed by atoms with E-state index < -0.39 is 0 Å². The predicted octanol–water partition coefficient (Wildman–Crippen LogP) is 0.221. The van der Waals surface area contributed by atoms with Gasteiger partial charge >= 0.3 is 0 Å². The van der Waals surface area contributed by atoms with Crippen LogP contribution in [-0.2, 0) is 4.79 Å². The molecule has 0 aromatic carbocycles. The van der Waals surface area contributed by atoms with Gasteiger partial charge in [-0.05, 0) is 27.7 Å². The van der Waals surface area contributed by atoms with Gasteiger partial charge in [0.2, 0.25) is 5.91 Å². The highest BCUT2D eigenvalue weighted by Gasteiger charge is 2.29. The molecule has 1 amide bonds. The average molecular weight is 282 g/mol. The van der Waals surface area contributed by atoms with Crippen molar-refractivity contribution in [2.45, 2.75) is 45.8 Å². The highest BCUT2D eigenvalue weighted by Crippen LogP contribution is 2.11. The molecule has 0 radical (unpaired) electrons. The monoisotopic (exact) mass is 282 g/mol. The summed E-state index contributed by atoms with van der Waals surface area (Å²) >= 11 is 0. The molecule has 0 unspecified atom stereocenters. The predicted molar refractivity (Wildman–Crippen MR) is 81.8 cm³/mol. The van der Waals surface area contributed by atoms with Crippen LogP contribution in [0, 0.1) is 0 Å². The summed E-state index contributed by atoms with van der Waals surface area (Å²) in [5.74, 6) is 0.272. The van der Waals surface area contributed by atoms with Crippen molar-refractivity contribution in [3.63, 3.8) is 0 Å². The maximum atomic E-state index is 12.4. The first-order valence-corrected chi connectivity index (χ1v) is 7.97. The molecule has 2 rings (SSSR count). The molecule has 0 aromatic heterocycles. The Hall–Kier alpha value is -0.650. The van der Waals surface area contributed by atoms with Gasteiger partial charge in [-0.25, -0.2) is 0 Å². The van der Waals surface area contributed by atoms with Gasteiger partial charge in [0.15, 0.2) is 0 Å². The van der Waals surface area contributed by atoms with Crippen LogP contribution in [0.5, 0.6) is 0 Å². The standard InChI is InChI=1S/C15H30N4O/c1-12(2)19(13(3)4)15(20)11-17-5-7-18(8-6-17)14-9-16-10-14/h12-14,16H,5-11H2,1-4H3. The maximum Gasteiger partial charge on any atom is 0.237 e. The minimum Gasteiger partial charge on any atom is -0.337 e. The lowest BCUT2D eigenvalue weighted by atomic mass is 10.1. The molecule has 0 spiro atoms. The second-order valence-electron chi connectivity index (χ2n) is 6.61. The fourth-order valence-electron chi connectivity index (χ4n) is 3.26. The molecular weight excluding hydrogens is 252 g/mol. The molecule has 0 aliphatic carbocycles. The zero-order chi connectivity index (χ0) is 14.7. The number of amides is 1. The highest BCUT2D eigenvalue weighted by atomic mass is 16.2. The molecule has 0 atom stereocenters. The average Bonchev–Trinajstić information content (AvgIpc) is 2.28. The first-order valence-electron chi connectivity index (χ1n) is 7.97. The van der Waals surface area contributed by atoms with Crippen molar-refractivity contribution in [2.24, 2.45) is 0 Å². The van der Waals surface area contributed by atoms with Gasteiger partial charge in [0.25, 0.3) is 0 Å². The molecule has 20 heavy (non-hydrogen) atoms. The third-order valence-corrected chi connectivity index (χ3v) is 4.44. The minimum absolute atomic E-state index is 0.272. The van der Waals surface area contributed by atoms with Crippen LogP contribution in [0.15, 0.2) is 0 Å². The third kappa shape index (κ3) is 3.71. The molecule has 1 N–H and O–H groups in total. The summed E-state index contributed by atoms with van der Waals surface area (Å²) in [4.78, 5) is 19.3. The van der Waals surface area contributed by atoms with E-state index in [1.807, 2.05) is 4.90 Å². The van der Waals surface area contributed by atoms with Crippen LogP contribution < -0.4 is 5.32 Å². The summed E-state index contributed by atoms with van der Waals surface area (Å²) in [5.41, 5.74) is 0. The van der Waals surface area contributed by atoms with Crippen LogP contribution in [0.2, 0.25) is 0 Å². The van der Waals surface area contributed by atoms with Crippen molar-refractivity contribution in [1.29, 1.82) is 0 Å². The Morgan fingerprint density at radius 1 is 1.10 bits per heavy atom. The van der Waals surface area contributed by atoms with E-state index in [1.54, 1.807) is 0 Å². The Bertz CT molecular complexity index is 312. The molecular formula is C15H30N4O. The van der Waals surface area contributed by atoms with Crippen molar-refractivity contribution in [2.75, 3.05) is 45.8 Å². The molecule has 5 heteroatoms. The highest BCUT2D eigenvalue weighted by molar-refractivity contribution is 5.78. The Morgan fingerprint density at radius 3 is 2.05 bits per heavy atom. The number of rotatable bonds is 5. The summed E-state index contributed by atoms with van der Waals surface area (Å²) in [6.07, 6.45) is 0. The van der Waals surface area contributed by atoms with Crippen molar-refractivity contribution < 1.29 is 4.79 Å². The van der Waals surface area contributed by atoms with E-state index in [0.29, 0.717) is 6.54 Å². The molecule has 5 nitrogen and oxygen atoms in total. The summed E-state index contributed by atoms with van der Waals surface area (Å²) in [6.45, 7) is 15.5. The second kappa shape index (κ2) is 6.87. The van der Waals surface area contributed by atoms with Crippen molar-refractivity contribution >= 4 is 5.91 Å². The van der Waals surface area contributed by atoms with Crippen molar-refractivity contribution in [3.8, 4) is 0 Å². The molecule has 2 fully saturated rings. The molecule has 0 saturated carbocycles.